The minimum absolute atomic E-state index is 0.104. The molecule has 1 heterocycles. The van der Waals surface area contributed by atoms with Gasteiger partial charge in [0.1, 0.15) is 11.6 Å². The third-order valence-corrected chi connectivity index (χ3v) is 4.64. The molecule has 6 heteroatoms. The predicted octanol–water partition coefficient (Wildman–Crippen LogP) is 3.23. The molecular weight excluding hydrogens is 333 g/mol. The maximum Gasteiger partial charge on any atom is 0.322 e. The molecule has 1 aliphatic rings. The number of halogens is 1. The number of methoxy groups -OCH3 is 1. The summed E-state index contributed by atoms with van der Waals surface area (Å²) in [6.45, 7) is 3.95. The molecule has 5 nitrogen and oxygen atoms in total. The van der Waals surface area contributed by atoms with Gasteiger partial charge in [-0.15, -0.1) is 0 Å². The predicted molar refractivity (Wildman–Crippen MR) is 100 cm³/mol. The molecule has 0 aromatic heterocycles. The topological polar surface area (TPSA) is 44.8 Å². The van der Waals surface area contributed by atoms with Gasteiger partial charge in [0.15, 0.2) is 0 Å². The molecule has 2 aromatic carbocycles. The molecule has 0 unspecified atom stereocenters. The number of rotatable bonds is 5. The third-order valence-electron chi connectivity index (χ3n) is 4.64. The van der Waals surface area contributed by atoms with E-state index >= 15 is 0 Å². The monoisotopic (exact) mass is 357 g/mol. The number of anilines is 1. The standard InChI is InChI=1S/C20H24FN3O2/c1-26-19-5-3-2-4-18(19)22-20(25)24-14-12-23(13-15-24)11-10-16-6-8-17(21)9-7-16/h2-9H,10-15H2,1H3,(H,22,25). The smallest absolute Gasteiger partial charge is 0.322 e. The van der Waals surface area contributed by atoms with Gasteiger partial charge in [0.05, 0.1) is 12.8 Å². The first kappa shape index (κ1) is 18.2. The lowest BCUT2D eigenvalue weighted by molar-refractivity contribution is 0.148. The van der Waals surface area contributed by atoms with E-state index in [9.17, 15) is 9.18 Å². The van der Waals surface area contributed by atoms with Crippen LogP contribution < -0.4 is 10.1 Å². The second kappa shape index (κ2) is 8.67. The van der Waals surface area contributed by atoms with E-state index < -0.39 is 0 Å². The first-order chi connectivity index (χ1) is 12.7. The molecule has 0 atom stereocenters. The van der Waals surface area contributed by atoms with Crippen molar-refractivity contribution in [1.82, 2.24) is 9.80 Å². The summed E-state index contributed by atoms with van der Waals surface area (Å²) < 4.78 is 18.2. The summed E-state index contributed by atoms with van der Waals surface area (Å²) >= 11 is 0. The largest absolute Gasteiger partial charge is 0.495 e. The van der Waals surface area contributed by atoms with Crippen molar-refractivity contribution < 1.29 is 13.9 Å². The van der Waals surface area contributed by atoms with E-state index in [0.717, 1.165) is 31.6 Å². The second-order valence-corrected chi connectivity index (χ2v) is 6.34. The van der Waals surface area contributed by atoms with Crippen LogP contribution in [0.1, 0.15) is 5.56 Å². The Labute approximate surface area is 153 Å². The van der Waals surface area contributed by atoms with Gasteiger partial charge in [-0.3, -0.25) is 4.90 Å². The van der Waals surface area contributed by atoms with Crippen molar-refractivity contribution in [3.05, 3.63) is 59.9 Å². The molecular formula is C20H24FN3O2. The normalized spacial score (nSPS) is 14.9. The molecule has 1 aliphatic heterocycles. The summed E-state index contributed by atoms with van der Waals surface area (Å²) in [7, 11) is 1.59. The van der Waals surface area contributed by atoms with E-state index in [1.807, 2.05) is 41.3 Å². The number of carbonyl (C=O) groups is 1. The number of ether oxygens (including phenoxy) is 1. The third kappa shape index (κ3) is 4.73. The highest BCUT2D eigenvalue weighted by molar-refractivity contribution is 5.91. The van der Waals surface area contributed by atoms with Gasteiger partial charge in [0.2, 0.25) is 0 Å². The number of nitrogens with one attached hydrogen (secondary N) is 1. The number of hydrogen-bond acceptors (Lipinski definition) is 3. The molecule has 0 spiro atoms. The SMILES string of the molecule is COc1ccccc1NC(=O)N1CCN(CCc2ccc(F)cc2)CC1. The Hall–Kier alpha value is -2.60. The van der Waals surface area contributed by atoms with Gasteiger partial charge in [0, 0.05) is 32.7 Å². The van der Waals surface area contributed by atoms with E-state index in [1.54, 1.807) is 7.11 Å². The fourth-order valence-electron chi connectivity index (χ4n) is 3.06. The highest BCUT2D eigenvalue weighted by atomic mass is 19.1. The van der Waals surface area contributed by atoms with Crippen LogP contribution in [0.25, 0.3) is 0 Å². The first-order valence-electron chi connectivity index (χ1n) is 8.81. The summed E-state index contributed by atoms with van der Waals surface area (Å²) in [5.41, 5.74) is 1.81. The zero-order chi connectivity index (χ0) is 18.4. The number of amides is 2. The van der Waals surface area contributed by atoms with Crippen LogP contribution in [0.4, 0.5) is 14.9 Å². The lowest BCUT2D eigenvalue weighted by Gasteiger charge is -2.34. The Morgan fingerprint density at radius 2 is 1.77 bits per heavy atom. The molecule has 0 bridgehead atoms. The Morgan fingerprint density at radius 3 is 2.46 bits per heavy atom. The Bertz CT molecular complexity index is 728. The van der Waals surface area contributed by atoms with Gasteiger partial charge in [0.25, 0.3) is 0 Å². The number of piperazine rings is 1. The van der Waals surface area contributed by atoms with Crippen LogP contribution >= 0.6 is 0 Å². The van der Waals surface area contributed by atoms with Gasteiger partial charge in [-0.2, -0.15) is 0 Å². The first-order valence-corrected chi connectivity index (χ1v) is 8.81. The summed E-state index contributed by atoms with van der Waals surface area (Å²) in [6, 6.07) is 13.9. The zero-order valence-corrected chi connectivity index (χ0v) is 15.0. The highest BCUT2D eigenvalue weighted by Crippen LogP contribution is 2.23. The van der Waals surface area contributed by atoms with Gasteiger partial charge in [-0.05, 0) is 36.2 Å². The number of carbonyl (C=O) groups excluding carboxylic acids is 1. The summed E-state index contributed by atoms with van der Waals surface area (Å²) in [5.74, 6) is 0.446. The van der Waals surface area contributed by atoms with E-state index in [2.05, 4.69) is 10.2 Å². The average molecular weight is 357 g/mol. The van der Waals surface area contributed by atoms with Gasteiger partial charge >= 0.3 is 6.03 Å². The second-order valence-electron chi connectivity index (χ2n) is 6.34. The van der Waals surface area contributed by atoms with E-state index in [-0.39, 0.29) is 11.8 Å². The maximum absolute atomic E-state index is 12.9. The van der Waals surface area contributed by atoms with Crippen LogP contribution in [0, 0.1) is 5.82 Å². The number of hydrogen-bond donors (Lipinski definition) is 1. The summed E-state index contributed by atoms with van der Waals surface area (Å²) in [4.78, 5) is 16.6. The molecule has 1 saturated heterocycles. The number of para-hydroxylation sites is 2. The maximum atomic E-state index is 12.9. The van der Waals surface area contributed by atoms with Crippen LogP contribution in [0.5, 0.6) is 5.75 Å². The van der Waals surface area contributed by atoms with Crippen molar-refractivity contribution in [1.29, 1.82) is 0 Å². The lowest BCUT2D eigenvalue weighted by atomic mass is 10.1. The van der Waals surface area contributed by atoms with Gasteiger partial charge in [-0.25, -0.2) is 9.18 Å². The van der Waals surface area contributed by atoms with Crippen LogP contribution in [0.2, 0.25) is 0 Å². The molecule has 1 N–H and O–H groups in total. The van der Waals surface area contributed by atoms with Crippen molar-refractivity contribution in [3.63, 3.8) is 0 Å². The Kier molecular flexibility index (Phi) is 6.07. The van der Waals surface area contributed by atoms with E-state index in [0.29, 0.717) is 24.5 Å². The molecule has 0 saturated carbocycles. The Balaban J connectivity index is 1.45. The quantitative estimate of drug-likeness (QED) is 0.894. The molecule has 0 aliphatic carbocycles. The average Bonchev–Trinajstić information content (AvgIpc) is 2.68. The zero-order valence-electron chi connectivity index (χ0n) is 15.0. The van der Waals surface area contributed by atoms with Gasteiger partial charge in [-0.1, -0.05) is 24.3 Å². The minimum Gasteiger partial charge on any atom is -0.495 e. The number of urea groups is 1. The fraction of sp³-hybridized carbons (Fsp3) is 0.350. The van der Waals surface area contributed by atoms with Crippen LogP contribution in [0.15, 0.2) is 48.5 Å². The van der Waals surface area contributed by atoms with Crippen LogP contribution in [-0.2, 0) is 6.42 Å². The van der Waals surface area contributed by atoms with E-state index in [1.165, 1.54) is 12.1 Å². The number of benzene rings is 2. The van der Waals surface area contributed by atoms with Crippen molar-refractivity contribution in [2.45, 2.75) is 6.42 Å². The molecule has 3 rings (SSSR count). The van der Waals surface area contributed by atoms with Gasteiger partial charge < -0.3 is 15.0 Å². The van der Waals surface area contributed by atoms with E-state index in [4.69, 9.17) is 4.74 Å². The van der Waals surface area contributed by atoms with Crippen molar-refractivity contribution in [2.24, 2.45) is 0 Å². The Morgan fingerprint density at radius 1 is 1.08 bits per heavy atom. The fourth-order valence-corrected chi connectivity index (χ4v) is 3.06. The van der Waals surface area contributed by atoms with Crippen LogP contribution in [0.3, 0.4) is 0 Å². The summed E-state index contributed by atoms with van der Waals surface area (Å²) in [5, 5.41) is 2.92. The van der Waals surface area contributed by atoms with Crippen molar-refractivity contribution in [2.75, 3.05) is 45.2 Å². The highest BCUT2D eigenvalue weighted by Gasteiger charge is 2.21. The molecule has 138 valence electrons. The van der Waals surface area contributed by atoms with Crippen molar-refractivity contribution >= 4 is 11.7 Å². The molecule has 0 radical (unpaired) electrons. The molecule has 2 aromatic rings. The molecule has 2 amide bonds. The molecule has 1 fully saturated rings. The minimum atomic E-state index is -0.205. The van der Waals surface area contributed by atoms with Crippen molar-refractivity contribution in [3.8, 4) is 5.75 Å². The van der Waals surface area contributed by atoms with Crippen LogP contribution in [-0.4, -0.2) is 55.7 Å². The lowest BCUT2D eigenvalue weighted by Crippen LogP contribution is -2.50. The molecule has 26 heavy (non-hydrogen) atoms. The number of nitrogens with zero attached hydrogens (tertiary/aromatic N) is 2. The summed E-state index contributed by atoms with van der Waals surface area (Å²) in [6.07, 6.45) is 0.883.